The normalized spacial score (nSPS) is 18.5. The number of halogens is 3. The summed E-state index contributed by atoms with van der Waals surface area (Å²) in [5.74, 6) is 0.372. The molecule has 9 heteroatoms. The molecule has 0 spiro atoms. The molecule has 2 aliphatic heterocycles. The Labute approximate surface area is 203 Å². The molecule has 5 nitrogen and oxygen atoms in total. The van der Waals surface area contributed by atoms with Crippen LogP contribution in [0.2, 0.25) is 5.02 Å². The number of ether oxygens (including phenoxy) is 1. The van der Waals surface area contributed by atoms with Crippen LogP contribution in [0.5, 0.6) is 5.75 Å². The first-order valence-corrected chi connectivity index (χ1v) is 12.1. The molecule has 3 heterocycles. The summed E-state index contributed by atoms with van der Waals surface area (Å²) in [6, 6.07) is 17.4. The zero-order valence-corrected chi connectivity index (χ0v) is 19.4. The van der Waals surface area contributed by atoms with Gasteiger partial charge in [-0.15, -0.1) is 5.10 Å². The number of thioether (sulfide) groups is 1. The lowest BCUT2D eigenvalue weighted by Crippen LogP contribution is -2.32. The van der Waals surface area contributed by atoms with E-state index in [0.29, 0.717) is 27.4 Å². The molecule has 4 aromatic rings. The summed E-state index contributed by atoms with van der Waals surface area (Å²) < 4.78 is 37.1. The molecule has 1 N–H and O–H groups in total. The van der Waals surface area contributed by atoms with Gasteiger partial charge in [-0.2, -0.15) is 4.98 Å². The second kappa shape index (κ2) is 8.14. The highest BCUT2D eigenvalue weighted by Gasteiger charge is 2.42. The molecule has 170 valence electrons. The Morgan fingerprint density at radius 3 is 2.62 bits per heavy atom. The summed E-state index contributed by atoms with van der Waals surface area (Å²) in [5, 5.41) is 9.11. The van der Waals surface area contributed by atoms with Crippen LogP contribution in [-0.2, 0) is 0 Å². The number of rotatable bonds is 3. The Morgan fingerprint density at radius 1 is 1.06 bits per heavy atom. The number of benzene rings is 3. The predicted molar refractivity (Wildman–Crippen MR) is 128 cm³/mol. The maximum absolute atomic E-state index is 15.2. The third-order valence-corrected chi connectivity index (χ3v) is 6.74. The molecule has 2 aliphatic rings. The molecule has 0 saturated heterocycles. The molecular weight excluding hydrogens is 478 g/mol. The average molecular weight is 495 g/mol. The number of hydrogen-bond acceptors (Lipinski definition) is 5. The van der Waals surface area contributed by atoms with Gasteiger partial charge in [0.25, 0.3) is 0 Å². The zero-order valence-electron chi connectivity index (χ0n) is 17.8. The highest BCUT2D eigenvalue weighted by atomic mass is 35.5. The van der Waals surface area contributed by atoms with Gasteiger partial charge in [0.1, 0.15) is 29.5 Å². The van der Waals surface area contributed by atoms with E-state index in [1.54, 1.807) is 53.2 Å². The Balaban J connectivity index is 1.66. The van der Waals surface area contributed by atoms with Gasteiger partial charge in [-0.3, -0.25) is 0 Å². The van der Waals surface area contributed by atoms with Crippen LogP contribution in [0.1, 0.15) is 28.8 Å². The first kappa shape index (κ1) is 21.2. The van der Waals surface area contributed by atoms with Crippen LogP contribution in [0.15, 0.2) is 77.5 Å². The van der Waals surface area contributed by atoms with Crippen molar-refractivity contribution in [2.45, 2.75) is 17.3 Å². The summed E-state index contributed by atoms with van der Waals surface area (Å²) in [6.45, 7) is 0. The fourth-order valence-corrected chi connectivity index (χ4v) is 5.00. The van der Waals surface area contributed by atoms with Crippen LogP contribution >= 0.6 is 23.4 Å². The van der Waals surface area contributed by atoms with Crippen molar-refractivity contribution in [2.75, 3.05) is 11.6 Å². The third-order valence-electron chi connectivity index (χ3n) is 5.97. The van der Waals surface area contributed by atoms with Gasteiger partial charge < -0.3 is 10.1 Å². The monoisotopic (exact) mass is 494 g/mol. The highest BCUT2D eigenvalue weighted by Crippen LogP contribution is 2.51. The Morgan fingerprint density at radius 2 is 1.85 bits per heavy atom. The molecule has 0 saturated carbocycles. The van der Waals surface area contributed by atoms with Gasteiger partial charge in [-0.05, 0) is 48.2 Å². The van der Waals surface area contributed by atoms with Crippen LogP contribution in [0, 0.1) is 11.6 Å². The van der Waals surface area contributed by atoms with Crippen molar-refractivity contribution in [3.8, 4) is 5.75 Å². The van der Waals surface area contributed by atoms with E-state index in [1.807, 2.05) is 6.26 Å². The average Bonchev–Trinajstić information content (AvgIpc) is 3.26. The van der Waals surface area contributed by atoms with E-state index in [9.17, 15) is 4.39 Å². The number of fused-ring (bicyclic) bond motifs is 3. The Hall–Kier alpha value is -3.36. The van der Waals surface area contributed by atoms with Crippen LogP contribution in [0.4, 0.5) is 14.7 Å². The molecule has 0 radical (unpaired) electrons. The van der Waals surface area contributed by atoms with Crippen LogP contribution < -0.4 is 10.1 Å². The minimum atomic E-state index is -0.650. The lowest BCUT2D eigenvalue weighted by atomic mass is 9.84. The van der Waals surface area contributed by atoms with Gasteiger partial charge in [0.05, 0.1) is 5.70 Å². The van der Waals surface area contributed by atoms with Gasteiger partial charge in [-0.1, -0.05) is 53.7 Å². The minimum absolute atomic E-state index is 0.350. The fraction of sp³-hybridized carbons (Fsp3) is 0.120. The quantitative estimate of drug-likeness (QED) is 0.330. The van der Waals surface area contributed by atoms with E-state index in [2.05, 4.69) is 15.4 Å². The molecule has 2 unspecified atom stereocenters. The number of nitrogens with one attached hydrogen (secondary N) is 1. The lowest BCUT2D eigenvalue weighted by Gasteiger charge is -2.39. The van der Waals surface area contributed by atoms with E-state index in [4.69, 9.17) is 16.3 Å². The topological polar surface area (TPSA) is 52.0 Å². The van der Waals surface area contributed by atoms with Crippen molar-refractivity contribution in [3.05, 3.63) is 106 Å². The van der Waals surface area contributed by atoms with Gasteiger partial charge in [0.2, 0.25) is 11.1 Å². The maximum atomic E-state index is 15.2. The van der Waals surface area contributed by atoms with Crippen molar-refractivity contribution in [3.63, 3.8) is 0 Å². The van der Waals surface area contributed by atoms with Crippen LogP contribution in [0.25, 0.3) is 5.70 Å². The summed E-state index contributed by atoms with van der Waals surface area (Å²) in [5.41, 5.74) is 3.35. The molecule has 0 aliphatic carbocycles. The van der Waals surface area contributed by atoms with Gasteiger partial charge in [0, 0.05) is 21.7 Å². The smallest absolute Gasteiger partial charge is 0.227 e. The van der Waals surface area contributed by atoms with Crippen molar-refractivity contribution in [2.24, 2.45) is 0 Å². The number of anilines is 1. The minimum Gasteiger partial charge on any atom is -0.480 e. The molecule has 0 bridgehead atoms. The lowest BCUT2D eigenvalue weighted by molar-refractivity contribution is 0.222. The summed E-state index contributed by atoms with van der Waals surface area (Å²) >= 11 is 7.73. The third kappa shape index (κ3) is 3.36. The first-order chi connectivity index (χ1) is 16.5. The van der Waals surface area contributed by atoms with Crippen LogP contribution in [-0.4, -0.2) is 21.0 Å². The van der Waals surface area contributed by atoms with E-state index in [1.165, 1.54) is 30.0 Å². The molecule has 34 heavy (non-hydrogen) atoms. The van der Waals surface area contributed by atoms with E-state index in [-0.39, 0.29) is 11.6 Å². The SMILES string of the molecule is CSc1nc2n(n1)C(c1ccccc1F)C1=C(N2)c2cc(Cl)ccc2OC1c1ccc(F)cc1. The van der Waals surface area contributed by atoms with Gasteiger partial charge >= 0.3 is 0 Å². The molecule has 1 aromatic heterocycles. The van der Waals surface area contributed by atoms with Gasteiger partial charge in [-0.25, -0.2) is 13.5 Å². The predicted octanol–water partition coefficient (Wildman–Crippen LogP) is 6.49. The fourth-order valence-electron chi connectivity index (χ4n) is 4.48. The highest BCUT2D eigenvalue weighted by molar-refractivity contribution is 7.98. The Bertz CT molecular complexity index is 1450. The van der Waals surface area contributed by atoms with Crippen molar-refractivity contribution >= 4 is 35.0 Å². The molecule has 6 rings (SSSR count). The molecular formula is C25H17ClF2N4OS. The summed E-state index contributed by atoms with van der Waals surface area (Å²) in [7, 11) is 0. The van der Waals surface area contributed by atoms with E-state index >= 15 is 4.39 Å². The molecule has 0 amide bonds. The Kier molecular flexibility index (Phi) is 5.08. The van der Waals surface area contributed by atoms with Gasteiger partial charge in [0.15, 0.2) is 0 Å². The number of hydrogen-bond donors (Lipinski definition) is 1. The number of nitrogens with zero attached hydrogens (tertiary/aromatic N) is 3. The second-order valence-corrected chi connectivity index (χ2v) is 9.15. The molecule has 2 atom stereocenters. The number of aromatic nitrogens is 3. The summed E-state index contributed by atoms with van der Waals surface area (Å²) in [4.78, 5) is 4.59. The molecule has 3 aromatic carbocycles. The first-order valence-electron chi connectivity index (χ1n) is 10.5. The van der Waals surface area contributed by atoms with E-state index < -0.39 is 12.1 Å². The zero-order chi connectivity index (χ0) is 23.4. The standard InChI is InChI=1S/C25H17ClF2N4OS/c1-34-25-30-24-29-21-17-12-14(26)8-11-19(17)33-23(13-6-9-15(27)10-7-13)20(21)22(32(24)31-25)16-4-2-3-5-18(16)28/h2-12,22-23H,1H3,(H,29,30,31). The maximum Gasteiger partial charge on any atom is 0.227 e. The van der Waals surface area contributed by atoms with Crippen molar-refractivity contribution in [1.29, 1.82) is 0 Å². The molecule has 0 fully saturated rings. The van der Waals surface area contributed by atoms with E-state index in [0.717, 1.165) is 22.4 Å². The van der Waals surface area contributed by atoms with Crippen molar-refractivity contribution in [1.82, 2.24) is 14.8 Å². The van der Waals surface area contributed by atoms with Crippen molar-refractivity contribution < 1.29 is 13.5 Å². The second-order valence-electron chi connectivity index (χ2n) is 7.94. The largest absolute Gasteiger partial charge is 0.480 e. The van der Waals surface area contributed by atoms with Crippen LogP contribution in [0.3, 0.4) is 0 Å². The summed E-state index contributed by atoms with van der Waals surface area (Å²) in [6.07, 6.45) is 1.25.